The number of fused-ring (bicyclic) bond motifs is 1. The van der Waals surface area contributed by atoms with Gasteiger partial charge in [0, 0.05) is 23.8 Å². The predicted molar refractivity (Wildman–Crippen MR) is 86.8 cm³/mol. The first-order valence-corrected chi connectivity index (χ1v) is 8.72. The first kappa shape index (κ1) is 13.9. The lowest BCUT2D eigenvalue weighted by atomic mass is 10.1. The fourth-order valence-corrected chi connectivity index (χ4v) is 4.71. The van der Waals surface area contributed by atoms with E-state index in [2.05, 4.69) is 34.3 Å². The molecular formula is C17H19N3OS. The van der Waals surface area contributed by atoms with Gasteiger partial charge in [0.25, 0.3) is 0 Å². The minimum Gasteiger partial charge on any atom is -0.337 e. The van der Waals surface area contributed by atoms with Gasteiger partial charge < -0.3 is 4.90 Å². The number of amides is 1. The van der Waals surface area contributed by atoms with Gasteiger partial charge in [0.1, 0.15) is 0 Å². The largest absolute Gasteiger partial charge is 0.337 e. The molecule has 3 heterocycles. The van der Waals surface area contributed by atoms with Crippen molar-refractivity contribution in [3.05, 3.63) is 48.3 Å². The maximum Gasteiger partial charge on any atom is 0.236 e. The molecule has 1 fully saturated rings. The maximum atomic E-state index is 12.9. The molecule has 0 aliphatic carbocycles. The van der Waals surface area contributed by atoms with Crippen LogP contribution in [0.5, 0.6) is 0 Å². The van der Waals surface area contributed by atoms with E-state index in [4.69, 9.17) is 0 Å². The van der Waals surface area contributed by atoms with Crippen LogP contribution in [0.25, 0.3) is 0 Å². The Morgan fingerprint density at radius 1 is 1.32 bits per heavy atom. The quantitative estimate of drug-likeness (QED) is 0.874. The topological polar surface area (TPSA) is 38.1 Å². The van der Waals surface area contributed by atoms with Gasteiger partial charge in [-0.25, -0.2) is 0 Å². The minimum absolute atomic E-state index is 0.0515. The molecule has 22 heavy (non-hydrogen) atoms. The van der Waals surface area contributed by atoms with E-state index in [0.29, 0.717) is 5.91 Å². The van der Waals surface area contributed by atoms with Gasteiger partial charge in [-0.15, -0.1) is 11.8 Å². The molecule has 2 aliphatic heterocycles. The molecular weight excluding hydrogens is 294 g/mol. The van der Waals surface area contributed by atoms with Crippen LogP contribution in [0.15, 0.2) is 47.6 Å². The van der Waals surface area contributed by atoms with E-state index < -0.39 is 0 Å². The molecule has 5 heteroatoms. The summed E-state index contributed by atoms with van der Waals surface area (Å²) in [7, 11) is 0. The summed E-state index contributed by atoms with van der Waals surface area (Å²) >= 11 is 1.73. The summed E-state index contributed by atoms with van der Waals surface area (Å²) in [6.07, 6.45) is 6.81. The fourth-order valence-electron chi connectivity index (χ4n) is 3.44. The summed E-state index contributed by atoms with van der Waals surface area (Å²) in [5.74, 6) is 0.302. The van der Waals surface area contributed by atoms with Crippen LogP contribution in [0.2, 0.25) is 0 Å². The Bertz CT molecular complexity index is 645. The first-order chi connectivity index (χ1) is 10.8. The van der Waals surface area contributed by atoms with Gasteiger partial charge in [-0.2, -0.15) is 5.10 Å². The van der Waals surface area contributed by atoms with Crippen molar-refractivity contribution in [2.24, 2.45) is 0 Å². The Kier molecular flexibility index (Phi) is 3.66. The average molecular weight is 313 g/mol. The van der Waals surface area contributed by atoms with Crippen molar-refractivity contribution in [1.29, 1.82) is 0 Å². The van der Waals surface area contributed by atoms with Crippen molar-refractivity contribution >= 4 is 17.7 Å². The summed E-state index contributed by atoms with van der Waals surface area (Å²) < 4.78 is 1.94. The number of thioether (sulfide) groups is 1. The predicted octanol–water partition coefficient (Wildman–Crippen LogP) is 2.59. The van der Waals surface area contributed by atoms with Crippen molar-refractivity contribution in [2.45, 2.75) is 42.0 Å². The van der Waals surface area contributed by atoms with Gasteiger partial charge >= 0.3 is 0 Å². The molecule has 1 aromatic carbocycles. The minimum atomic E-state index is 0.0515. The van der Waals surface area contributed by atoms with E-state index in [1.165, 1.54) is 10.5 Å². The van der Waals surface area contributed by atoms with E-state index in [-0.39, 0.29) is 11.3 Å². The smallest absolute Gasteiger partial charge is 0.236 e. The van der Waals surface area contributed by atoms with Crippen LogP contribution in [-0.4, -0.2) is 38.4 Å². The lowest BCUT2D eigenvalue weighted by molar-refractivity contribution is -0.131. The number of carbonyl (C=O) groups is 1. The molecule has 4 rings (SSSR count). The number of carbonyl (C=O) groups excluding carboxylic acids is 1. The summed E-state index contributed by atoms with van der Waals surface area (Å²) in [6.45, 7) is 1.70. The van der Waals surface area contributed by atoms with Crippen molar-refractivity contribution in [1.82, 2.24) is 14.7 Å². The second-order valence-electron chi connectivity index (χ2n) is 5.97. The highest BCUT2D eigenvalue weighted by atomic mass is 32.2. The van der Waals surface area contributed by atoms with Gasteiger partial charge in [0.2, 0.25) is 5.91 Å². The van der Waals surface area contributed by atoms with Crippen LogP contribution >= 0.6 is 11.8 Å². The van der Waals surface area contributed by atoms with Crippen LogP contribution in [-0.2, 0) is 17.8 Å². The molecule has 1 saturated heterocycles. The van der Waals surface area contributed by atoms with Crippen LogP contribution in [0, 0.1) is 0 Å². The van der Waals surface area contributed by atoms with Gasteiger partial charge in [0.05, 0.1) is 17.8 Å². The highest BCUT2D eigenvalue weighted by Crippen LogP contribution is 2.38. The summed E-state index contributed by atoms with van der Waals surface area (Å²) in [6, 6.07) is 10.6. The summed E-state index contributed by atoms with van der Waals surface area (Å²) in [5.41, 5.74) is 1.31. The third-order valence-corrected chi connectivity index (χ3v) is 5.84. The summed E-state index contributed by atoms with van der Waals surface area (Å²) in [5, 5.41) is 4.33. The Hall–Kier alpha value is -1.75. The fraction of sp³-hybridized carbons (Fsp3) is 0.412. The zero-order chi connectivity index (χ0) is 14.9. The van der Waals surface area contributed by atoms with Crippen LogP contribution in [0.3, 0.4) is 0 Å². The van der Waals surface area contributed by atoms with Crippen molar-refractivity contribution in [2.75, 3.05) is 6.54 Å². The lowest BCUT2D eigenvalue weighted by Gasteiger charge is -2.27. The Morgan fingerprint density at radius 3 is 3.05 bits per heavy atom. The molecule has 2 aliphatic rings. The molecule has 2 aromatic rings. The van der Waals surface area contributed by atoms with E-state index in [1.54, 1.807) is 18.0 Å². The van der Waals surface area contributed by atoms with Gasteiger partial charge in [-0.3, -0.25) is 9.48 Å². The highest BCUT2D eigenvalue weighted by Gasteiger charge is 2.36. The highest BCUT2D eigenvalue weighted by molar-refractivity contribution is 8.01. The SMILES string of the molecule is O=C([C@@H]1Cc2ccccc2S1)N1CCC[C@@H]1Cn1cccn1. The molecule has 114 valence electrons. The molecule has 0 unspecified atom stereocenters. The van der Waals surface area contributed by atoms with Crippen molar-refractivity contribution in [3.63, 3.8) is 0 Å². The number of nitrogens with zero attached hydrogens (tertiary/aromatic N) is 3. The average Bonchev–Trinajstić information content (AvgIpc) is 3.27. The third-order valence-electron chi connectivity index (χ3n) is 4.54. The van der Waals surface area contributed by atoms with E-state index in [1.807, 2.05) is 16.9 Å². The molecule has 2 atom stereocenters. The maximum absolute atomic E-state index is 12.9. The standard InChI is InChI=1S/C17H19N3OS/c21-17(16-11-13-5-1-2-7-15(13)22-16)20-10-3-6-14(20)12-19-9-4-8-18-19/h1-2,4-5,7-9,14,16H,3,6,10-12H2/t14-,16+/m1/s1. The zero-order valence-electron chi connectivity index (χ0n) is 12.4. The van der Waals surface area contributed by atoms with Crippen LogP contribution in [0.4, 0.5) is 0 Å². The molecule has 0 spiro atoms. The molecule has 1 amide bonds. The molecule has 0 radical (unpaired) electrons. The number of hydrogen-bond donors (Lipinski definition) is 0. The Labute approximate surface area is 134 Å². The number of likely N-dealkylation sites (tertiary alicyclic amines) is 1. The summed E-state index contributed by atoms with van der Waals surface area (Å²) in [4.78, 5) is 16.3. The number of hydrogen-bond acceptors (Lipinski definition) is 3. The molecule has 4 nitrogen and oxygen atoms in total. The second kappa shape index (κ2) is 5.80. The van der Waals surface area contributed by atoms with E-state index >= 15 is 0 Å². The first-order valence-electron chi connectivity index (χ1n) is 7.84. The Morgan fingerprint density at radius 2 is 2.23 bits per heavy atom. The van der Waals surface area contributed by atoms with Crippen LogP contribution < -0.4 is 0 Å². The number of aromatic nitrogens is 2. The third kappa shape index (κ3) is 2.54. The van der Waals surface area contributed by atoms with E-state index in [0.717, 1.165) is 32.4 Å². The van der Waals surface area contributed by atoms with E-state index in [9.17, 15) is 4.79 Å². The normalized spacial score (nSPS) is 23.7. The molecule has 1 aromatic heterocycles. The number of rotatable bonds is 3. The second-order valence-corrected chi connectivity index (χ2v) is 7.22. The Balaban J connectivity index is 1.46. The van der Waals surface area contributed by atoms with Crippen LogP contribution in [0.1, 0.15) is 18.4 Å². The number of benzene rings is 1. The molecule has 0 bridgehead atoms. The van der Waals surface area contributed by atoms with Gasteiger partial charge in [-0.1, -0.05) is 18.2 Å². The molecule has 0 N–H and O–H groups in total. The molecule has 0 saturated carbocycles. The van der Waals surface area contributed by atoms with Gasteiger partial charge in [-0.05, 0) is 37.0 Å². The van der Waals surface area contributed by atoms with Gasteiger partial charge in [0.15, 0.2) is 0 Å². The lowest BCUT2D eigenvalue weighted by Crippen LogP contribution is -2.42. The monoisotopic (exact) mass is 313 g/mol. The zero-order valence-corrected chi connectivity index (χ0v) is 13.2. The van der Waals surface area contributed by atoms with Crippen molar-refractivity contribution < 1.29 is 4.79 Å². The van der Waals surface area contributed by atoms with Crippen molar-refractivity contribution in [3.8, 4) is 0 Å².